The maximum absolute atomic E-state index is 5.45. The second kappa shape index (κ2) is 4.86. The minimum Gasteiger partial charge on any atom is -0.115 e. The van der Waals surface area contributed by atoms with Crippen LogP contribution < -0.4 is 0 Å². The van der Waals surface area contributed by atoms with E-state index in [1.54, 1.807) is 0 Å². The van der Waals surface area contributed by atoms with Gasteiger partial charge < -0.3 is 0 Å². The highest BCUT2D eigenvalue weighted by Gasteiger charge is 2.02. The first-order valence-corrected chi connectivity index (χ1v) is 5.25. The fourth-order valence-corrected chi connectivity index (χ4v) is 1.81. The Bertz CT molecular complexity index is 330. The van der Waals surface area contributed by atoms with Crippen molar-refractivity contribution in [3.8, 4) is 12.3 Å². The average molecular weight is 186 g/mol. The maximum atomic E-state index is 5.45. The first kappa shape index (κ1) is 10.9. The molecule has 0 aliphatic rings. The Hall–Kier alpha value is -1.22. The van der Waals surface area contributed by atoms with E-state index in [0.29, 0.717) is 0 Å². The molecule has 74 valence electrons. The molecule has 14 heavy (non-hydrogen) atoms. The maximum Gasteiger partial charge on any atom is 0.0301 e. The Morgan fingerprint density at radius 1 is 1.21 bits per heavy atom. The Labute approximate surface area is 87.4 Å². The zero-order valence-electron chi connectivity index (χ0n) is 9.35. The van der Waals surface area contributed by atoms with Crippen molar-refractivity contribution in [3.05, 3.63) is 34.4 Å². The van der Waals surface area contributed by atoms with Crippen LogP contribution in [0.15, 0.2) is 12.1 Å². The van der Waals surface area contributed by atoms with Crippen LogP contribution in [0.3, 0.4) is 0 Å². The van der Waals surface area contributed by atoms with Crippen LogP contribution in [0, 0.1) is 26.2 Å². The lowest BCUT2D eigenvalue weighted by molar-refractivity contribution is 0.794. The molecule has 0 heterocycles. The van der Waals surface area contributed by atoms with Crippen LogP contribution in [-0.4, -0.2) is 0 Å². The molecule has 0 aromatic heterocycles. The number of aryl methyl sites for hydroxylation is 3. The van der Waals surface area contributed by atoms with Crippen molar-refractivity contribution in [3.63, 3.8) is 0 Å². The van der Waals surface area contributed by atoms with Gasteiger partial charge in [-0.25, -0.2) is 0 Å². The van der Waals surface area contributed by atoms with Crippen LogP contribution >= 0.6 is 0 Å². The van der Waals surface area contributed by atoms with Crippen molar-refractivity contribution < 1.29 is 0 Å². The third-order valence-electron chi connectivity index (χ3n) is 2.56. The van der Waals surface area contributed by atoms with Gasteiger partial charge in [0.05, 0.1) is 0 Å². The molecule has 0 aliphatic heterocycles. The van der Waals surface area contributed by atoms with Gasteiger partial charge in [0.25, 0.3) is 0 Å². The SMILES string of the molecule is C#Cc1c(C)cc(CCCC)cc1C. The molecule has 0 fully saturated rings. The van der Waals surface area contributed by atoms with Gasteiger partial charge in [0.15, 0.2) is 0 Å². The lowest BCUT2D eigenvalue weighted by Gasteiger charge is -2.07. The topological polar surface area (TPSA) is 0 Å². The quantitative estimate of drug-likeness (QED) is 0.632. The molecule has 0 amide bonds. The second-order valence-corrected chi connectivity index (χ2v) is 3.85. The van der Waals surface area contributed by atoms with E-state index in [0.717, 1.165) is 5.56 Å². The van der Waals surface area contributed by atoms with Crippen LogP contribution in [0.25, 0.3) is 0 Å². The average Bonchev–Trinajstić information content (AvgIpc) is 2.14. The predicted molar refractivity (Wildman–Crippen MR) is 62.5 cm³/mol. The van der Waals surface area contributed by atoms with Gasteiger partial charge in [-0.2, -0.15) is 0 Å². The number of unbranched alkanes of at least 4 members (excludes halogenated alkanes) is 1. The Morgan fingerprint density at radius 3 is 2.21 bits per heavy atom. The lowest BCUT2D eigenvalue weighted by atomic mass is 9.97. The minimum absolute atomic E-state index is 1.06. The van der Waals surface area contributed by atoms with Gasteiger partial charge in [0.2, 0.25) is 0 Å². The van der Waals surface area contributed by atoms with Crippen LogP contribution in [0.5, 0.6) is 0 Å². The summed E-state index contributed by atoms with van der Waals surface area (Å²) in [5, 5.41) is 0. The number of hydrogen-bond donors (Lipinski definition) is 0. The Morgan fingerprint density at radius 2 is 1.79 bits per heavy atom. The highest BCUT2D eigenvalue weighted by atomic mass is 14.1. The molecular weight excluding hydrogens is 168 g/mol. The third-order valence-corrected chi connectivity index (χ3v) is 2.56. The lowest BCUT2D eigenvalue weighted by Crippen LogP contribution is -1.93. The summed E-state index contributed by atoms with van der Waals surface area (Å²) >= 11 is 0. The fourth-order valence-electron chi connectivity index (χ4n) is 1.81. The van der Waals surface area contributed by atoms with E-state index in [-0.39, 0.29) is 0 Å². The monoisotopic (exact) mass is 186 g/mol. The van der Waals surface area contributed by atoms with Crippen molar-refractivity contribution in [2.75, 3.05) is 0 Å². The molecule has 0 atom stereocenters. The summed E-state index contributed by atoms with van der Waals surface area (Å²) in [6.07, 6.45) is 9.12. The molecule has 0 heteroatoms. The normalized spacial score (nSPS) is 9.86. The van der Waals surface area contributed by atoms with E-state index in [1.807, 2.05) is 0 Å². The number of hydrogen-bond acceptors (Lipinski definition) is 0. The van der Waals surface area contributed by atoms with Gasteiger partial charge in [-0.15, -0.1) is 6.42 Å². The summed E-state index contributed by atoms with van der Waals surface area (Å²) in [5.74, 6) is 2.75. The van der Waals surface area contributed by atoms with E-state index in [9.17, 15) is 0 Å². The molecule has 0 saturated carbocycles. The van der Waals surface area contributed by atoms with Crippen molar-refractivity contribution in [1.29, 1.82) is 0 Å². The van der Waals surface area contributed by atoms with Gasteiger partial charge in [-0.1, -0.05) is 31.4 Å². The summed E-state index contributed by atoms with van der Waals surface area (Å²) in [5.41, 5.74) is 4.95. The molecule has 1 aromatic carbocycles. The van der Waals surface area contributed by atoms with Crippen molar-refractivity contribution >= 4 is 0 Å². The summed E-state index contributed by atoms with van der Waals surface area (Å²) in [4.78, 5) is 0. The largest absolute Gasteiger partial charge is 0.115 e. The predicted octanol–water partition coefficient (Wildman–Crippen LogP) is 3.63. The van der Waals surface area contributed by atoms with E-state index in [2.05, 4.69) is 38.8 Å². The molecule has 0 aliphatic carbocycles. The Balaban J connectivity index is 2.97. The highest BCUT2D eigenvalue weighted by Crippen LogP contribution is 2.17. The molecule has 0 N–H and O–H groups in total. The van der Waals surface area contributed by atoms with Gasteiger partial charge in [-0.05, 0) is 43.4 Å². The molecular formula is C14H18. The Kier molecular flexibility index (Phi) is 3.77. The molecule has 0 radical (unpaired) electrons. The molecule has 1 rings (SSSR count). The van der Waals surface area contributed by atoms with Crippen molar-refractivity contribution in [2.45, 2.75) is 40.0 Å². The molecule has 1 aromatic rings. The molecule has 0 unspecified atom stereocenters. The van der Waals surface area contributed by atoms with Crippen LogP contribution in [0.1, 0.15) is 42.0 Å². The minimum atomic E-state index is 1.06. The first-order chi connectivity index (χ1) is 6.69. The molecule has 0 saturated heterocycles. The number of rotatable bonds is 3. The van der Waals surface area contributed by atoms with Crippen LogP contribution in [0.2, 0.25) is 0 Å². The smallest absolute Gasteiger partial charge is 0.0301 e. The summed E-state index contributed by atoms with van der Waals surface area (Å²) in [6, 6.07) is 4.44. The fraction of sp³-hybridized carbons (Fsp3) is 0.429. The van der Waals surface area contributed by atoms with E-state index >= 15 is 0 Å². The molecule has 0 spiro atoms. The molecule has 0 bridgehead atoms. The van der Waals surface area contributed by atoms with Gasteiger partial charge in [0, 0.05) is 5.56 Å². The third kappa shape index (κ3) is 2.39. The van der Waals surface area contributed by atoms with Gasteiger partial charge in [-0.3, -0.25) is 0 Å². The number of terminal acetylenes is 1. The standard InChI is InChI=1S/C14H18/c1-5-7-8-13-9-11(3)14(6-2)12(4)10-13/h2,9-10H,5,7-8H2,1,3-4H3. The van der Waals surface area contributed by atoms with Gasteiger partial charge in [0.1, 0.15) is 0 Å². The summed E-state index contributed by atoms with van der Waals surface area (Å²) in [7, 11) is 0. The first-order valence-electron chi connectivity index (χ1n) is 5.25. The summed E-state index contributed by atoms with van der Waals surface area (Å²) in [6.45, 7) is 6.41. The second-order valence-electron chi connectivity index (χ2n) is 3.85. The van der Waals surface area contributed by atoms with E-state index in [4.69, 9.17) is 6.42 Å². The zero-order chi connectivity index (χ0) is 10.6. The van der Waals surface area contributed by atoms with Crippen LogP contribution in [-0.2, 0) is 6.42 Å². The van der Waals surface area contributed by atoms with Crippen molar-refractivity contribution in [1.82, 2.24) is 0 Å². The van der Waals surface area contributed by atoms with Crippen LogP contribution in [0.4, 0.5) is 0 Å². The number of benzene rings is 1. The molecule has 0 nitrogen and oxygen atoms in total. The van der Waals surface area contributed by atoms with E-state index in [1.165, 1.54) is 36.0 Å². The summed E-state index contributed by atoms with van der Waals surface area (Å²) < 4.78 is 0. The van der Waals surface area contributed by atoms with Crippen molar-refractivity contribution in [2.24, 2.45) is 0 Å². The zero-order valence-corrected chi connectivity index (χ0v) is 9.35. The van der Waals surface area contributed by atoms with E-state index < -0.39 is 0 Å². The highest BCUT2D eigenvalue weighted by molar-refractivity contribution is 5.47. The van der Waals surface area contributed by atoms with Gasteiger partial charge >= 0.3 is 0 Å².